The van der Waals surface area contributed by atoms with Gasteiger partial charge in [0.25, 0.3) is 0 Å². The van der Waals surface area contributed by atoms with Crippen molar-refractivity contribution in [1.29, 1.82) is 0 Å². The van der Waals surface area contributed by atoms with Crippen LogP contribution in [-0.4, -0.2) is 37.1 Å². The van der Waals surface area contributed by atoms with Crippen LogP contribution in [0.15, 0.2) is 24.3 Å². The summed E-state index contributed by atoms with van der Waals surface area (Å²) in [7, 11) is 0. The molecule has 1 aromatic carbocycles. The molecule has 0 amide bonds. The number of rotatable bonds is 2. The second kappa shape index (κ2) is 4.46. The van der Waals surface area contributed by atoms with Gasteiger partial charge in [-0.25, -0.2) is 0 Å². The van der Waals surface area contributed by atoms with E-state index in [9.17, 15) is 0 Å². The molecule has 2 nitrogen and oxygen atoms in total. The summed E-state index contributed by atoms with van der Waals surface area (Å²) in [4.78, 5) is 5.12. The van der Waals surface area contributed by atoms with E-state index in [2.05, 4.69) is 28.0 Å². The lowest BCUT2D eigenvalue weighted by atomic mass is 9.91. The van der Waals surface area contributed by atoms with E-state index < -0.39 is 0 Å². The lowest BCUT2D eigenvalue weighted by Gasteiger charge is -2.43. The minimum absolute atomic E-state index is 0.905. The van der Waals surface area contributed by atoms with Crippen LogP contribution in [0.2, 0.25) is 0 Å². The first-order valence-electron chi connectivity index (χ1n) is 6.39. The third kappa shape index (κ3) is 1.94. The Labute approximate surface area is 97.9 Å². The molecule has 16 heavy (non-hydrogen) atoms. The van der Waals surface area contributed by atoms with Crippen molar-refractivity contribution in [3.05, 3.63) is 30.3 Å². The molecule has 1 aliphatic carbocycles. The highest BCUT2D eigenvalue weighted by atomic mass is 15.3. The van der Waals surface area contributed by atoms with Crippen molar-refractivity contribution in [1.82, 2.24) is 4.90 Å². The van der Waals surface area contributed by atoms with Gasteiger partial charge in [-0.15, -0.1) is 0 Å². The molecule has 1 radical (unpaired) electrons. The second-order valence-electron chi connectivity index (χ2n) is 4.86. The van der Waals surface area contributed by atoms with Crippen LogP contribution >= 0.6 is 0 Å². The zero-order chi connectivity index (χ0) is 10.8. The standard InChI is InChI=1S/C14H19N2/c1-2-5-13(6-3-1)15-9-11-16(12-10-15)14-7-4-8-14/h1-3,5,14H,4,7-12H2. The number of hydrogen-bond donors (Lipinski definition) is 0. The van der Waals surface area contributed by atoms with Gasteiger partial charge in [0, 0.05) is 44.0 Å². The number of benzene rings is 1. The Bertz CT molecular complexity index is 324. The number of hydrogen-bond acceptors (Lipinski definition) is 2. The molecule has 1 saturated heterocycles. The second-order valence-corrected chi connectivity index (χ2v) is 4.86. The Kier molecular flexibility index (Phi) is 2.83. The molecule has 3 rings (SSSR count). The van der Waals surface area contributed by atoms with Gasteiger partial charge >= 0.3 is 0 Å². The minimum Gasteiger partial charge on any atom is -0.368 e. The zero-order valence-corrected chi connectivity index (χ0v) is 9.73. The van der Waals surface area contributed by atoms with Gasteiger partial charge in [-0.1, -0.05) is 24.6 Å². The summed E-state index contributed by atoms with van der Waals surface area (Å²) in [6, 6.07) is 12.5. The van der Waals surface area contributed by atoms with Gasteiger partial charge in [0.2, 0.25) is 0 Å². The molecule has 2 fully saturated rings. The maximum atomic E-state index is 3.32. The van der Waals surface area contributed by atoms with Gasteiger partial charge in [-0.05, 0) is 18.9 Å². The van der Waals surface area contributed by atoms with E-state index in [1.165, 1.54) is 38.0 Å². The van der Waals surface area contributed by atoms with E-state index in [4.69, 9.17) is 0 Å². The average molecular weight is 215 g/mol. The maximum Gasteiger partial charge on any atom is 0.0447 e. The van der Waals surface area contributed by atoms with E-state index in [0.717, 1.165) is 19.1 Å². The van der Waals surface area contributed by atoms with Crippen molar-refractivity contribution >= 4 is 5.69 Å². The fraction of sp³-hybridized carbons (Fsp3) is 0.571. The summed E-state index contributed by atoms with van der Waals surface area (Å²) in [6.45, 7) is 4.79. The molecule has 2 heteroatoms. The number of piperazine rings is 1. The summed E-state index contributed by atoms with van der Waals surface area (Å²) >= 11 is 0. The quantitative estimate of drug-likeness (QED) is 0.746. The molecular weight excluding hydrogens is 196 g/mol. The molecule has 85 valence electrons. The van der Waals surface area contributed by atoms with Crippen molar-refractivity contribution in [2.24, 2.45) is 0 Å². The van der Waals surface area contributed by atoms with E-state index in [1.807, 2.05) is 12.1 Å². The Morgan fingerprint density at radius 1 is 1.06 bits per heavy atom. The average Bonchev–Trinajstić information content (AvgIpc) is 2.29. The van der Waals surface area contributed by atoms with Crippen LogP contribution in [0, 0.1) is 6.07 Å². The van der Waals surface area contributed by atoms with Crippen molar-refractivity contribution in [2.75, 3.05) is 31.1 Å². The Morgan fingerprint density at radius 2 is 1.88 bits per heavy atom. The first-order chi connectivity index (χ1) is 7.93. The summed E-state index contributed by atoms with van der Waals surface area (Å²) in [5.74, 6) is 0. The molecular formula is C14H19N2. The van der Waals surface area contributed by atoms with E-state index in [1.54, 1.807) is 0 Å². The predicted molar refractivity (Wildman–Crippen MR) is 66.7 cm³/mol. The monoisotopic (exact) mass is 215 g/mol. The smallest absolute Gasteiger partial charge is 0.0447 e. The highest BCUT2D eigenvalue weighted by Gasteiger charge is 2.27. The van der Waals surface area contributed by atoms with E-state index >= 15 is 0 Å². The topological polar surface area (TPSA) is 6.48 Å². The van der Waals surface area contributed by atoms with Crippen LogP contribution < -0.4 is 4.90 Å². The van der Waals surface area contributed by atoms with Crippen LogP contribution in [0.5, 0.6) is 0 Å². The lowest BCUT2D eigenvalue weighted by Crippen LogP contribution is -2.52. The SMILES string of the molecule is [c]1ccccc1N1CCN(C2CCC2)CC1. The third-order valence-corrected chi connectivity index (χ3v) is 3.94. The molecule has 0 unspecified atom stereocenters. The summed E-state index contributed by atoms with van der Waals surface area (Å²) in [5, 5.41) is 0. The van der Waals surface area contributed by atoms with Gasteiger partial charge in [-0.3, -0.25) is 4.90 Å². The van der Waals surface area contributed by atoms with E-state index in [0.29, 0.717) is 0 Å². The number of anilines is 1. The zero-order valence-electron chi connectivity index (χ0n) is 9.73. The van der Waals surface area contributed by atoms with E-state index in [-0.39, 0.29) is 0 Å². The van der Waals surface area contributed by atoms with Crippen LogP contribution in [0.1, 0.15) is 19.3 Å². The first kappa shape index (κ1) is 10.2. The van der Waals surface area contributed by atoms with Crippen LogP contribution in [0.3, 0.4) is 0 Å². The molecule has 1 saturated carbocycles. The predicted octanol–water partition coefficient (Wildman–Crippen LogP) is 2.16. The largest absolute Gasteiger partial charge is 0.368 e. The number of para-hydroxylation sites is 1. The number of nitrogens with zero attached hydrogens (tertiary/aromatic N) is 2. The Morgan fingerprint density at radius 3 is 2.44 bits per heavy atom. The normalized spacial score (nSPS) is 23.1. The van der Waals surface area contributed by atoms with Crippen molar-refractivity contribution in [3.63, 3.8) is 0 Å². The summed E-state index contributed by atoms with van der Waals surface area (Å²) < 4.78 is 0. The summed E-state index contributed by atoms with van der Waals surface area (Å²) in [6.07, 6.45) is 4.30. The molecule has 0 atom stereocenters. The molecule has 0 N–H and O–H groups in total. The van der Waals surface area contributed by atoms with Gasteiger partial charge in [0.1, 0.15) is 0 Å². The molecule has 0 aromatic heterocycles. The summed E-state index contributed by atoms with van der Waals surface area (Å²) in [5.41, 5.74) is 1.26. The Balaban J connectivity index is 1.58. The molecule has 2 aliphatic rings. The van der Waals surface area contributed by atoms with Crippen LogP contribution in [-0.2, 0) is 0 Å². The Hall–Kier alpha value is -1.02. The van der Waals surface area contributed by atoms with Crippen molar-refractivity contribution in [3.8, 4) is 0 Å². The lowest BCUT2D eigenvalue weighted by molar-refractivity contribution is 0.120. The maximum absolute atomic E-state index is 3.32. The van der Waals surface area contributed by atoms with Crippen molar-refractivity contribution in [2.45, 2.75) is 25.3 Å². The molecule has 1 heterocycles. The molecule has 0 bridgehead atoms. The van der Waals surface area contributed by atoms with Gasteiger partial charge in [-0.2, -0.15) is 0 Å². The molecule has 1 aromatic rings. The van der Waals surface area contributed by atoms with Crippen LogP contribution in [0.25, 0.3) is 0 Å². The van der Waals surface area contributed by atoms with Gasteiger partial charge in [0.05, 0.1) is 0 Å². The fourth-order valence-corrected chi connectivity index (χ4v) is 2.66. The molecule has 1 aliphatic heterocycles. The minimum atomic E-state index is 0.905. The molecule has 0 spiro atoms. The highest BCUT2D eigenvalue weighted by Crippen LogP contribution is 2.26. The van der Waals surface area contributed by atoms with Crippen LogP contribution in [0.4, 0.5) is 5.69 Å². The first-order valence-corrected chi connectivity index (χ1v) is 6.39. The third-order valence-electron chi connectivity index (χ3n) is 3.94. The van der Waals surface area contributed by atoms with Crippen molar-refractivity contribution < 1.29 is 0 Å². The van der Waals surface area contributed by atoms with Gasteiger partial charge in [0.15, 0.2) is 0 Å². The van der Waals surface area contributed by atoms with Gasteiger partial charge < -0.3 is 4.90 Å². The highest BCUT2D eigenvalue weighted by molar-refractivity contribution is 5.45. The fourth-order valence-electron chi connectivity index (χ4n) is 2.66.